The van der Waals surface area contributed by atoms with Crippen LogP contribution in [0.5, 0.6) is 0 Å². The van der Waals surface area contributed by atoms with E-state index in [9.17, 15) is 9.90 Å². The van der Waals surface area contributed by atoms with Crippen molar-refractivity contribution in [2.24, 2.45) is 0 Å². The second kappa shape index (κ2) is 6.63. The van der Waals surface area contributed by atoms with Gasteiger partial charge in [-0.25, -0.2) is 0 Å². The van der Waals surface area contributed by atoms with Crippen molar-refractivity contribution in [2.75, 3.05) is 26.7 Å². The fraction of sp³-hybridized carbons (Fsp3) is 0.938. The van der Waals surface area contributed by atoms with Crippen molar-refractivity contribution < 1.29 is 9.90 Å². The molecule has 5 nitrogen and oxygen atoms in total. The molecule has 21 heavy (non-hydrogen) atoms. The van der Waals surface area contributed by atoms with E-state index in [2.05, 4.69) is 36.0 Å². The van der Waals surface area contributed by atoms with Crippen molar-refractivity contribution in [3.05, 3.63) is 0 Å². The van der Waals surface area contributed by atoms with Gasteiger partial charge in [0.05, 0.1) is 0 Å². The van der Waals surface area contributed by atoms with Crippen LogP contribution in [0.1, 0.15) is 46.5 Å². The zero-order chi connectivity index (χ0) is 15.6. The third-order valence-electron chi connectivity index (χ3n) is 5.16. The monoisotopic (exact) mass is 297 g/mol. The van der Waals surface area contributed by atoms with Gasteiger partial charge in [0.25, 0.3) is 0 Å². The normalized spacial score (nSPS) is 31.0. The third-order valence-corrected chi connectivity index (χ3v) is 5.16. The highest BCUT2D eigenvalue weighted by molar-refractivity contribution is 5.78. The van der Waals surface area contributed by atoms with Gasteiger partial charge in [0, 0.05) is 31.2 Å². The molecule has 122 valence electrons. The molecule has 3 unspecified atom stereocenters. The minimum absolute atomic E-state index is 0.426. The molecule has 1 saturated carbocycles. The van der Waals surface area contributed by atoms with Gasteiger partial charge in [-0.05, 0) is 60.0 Å². The number of nitrogens with zero attached hydrogens (tertiary/aromatic N) is 2. The number of carbonyl (C=O) groups is 1. The molecular formula is C16H31N3O2. The predicted octanol–water partition coefficient (Wildman–Crippen LogP) is 1.39. The zero-order valence-corrected chi connectivity index (χ0v) is 13.9. The van der Waals surface area contributed by atoms with Gasteiger partial charge >= 0.3 is 5.97 Å². The smallest absolute Gasteiger partial charge is 0.323 e. The predicted molar refractivity (Wildman–Crippen MR) is 84.6 cm³/mol. The minimum Gasteiger partial charge on any atom is -0.480 e. The third kappa shape index (κ3) is 4.41. The Bertz CT molecular complexity index is 361. The van der Waals surface area contributed by atoms with Gasteiger partial charge in [0.1, 0.15) is 5.54 Å². The van der Waals surface area contributed by atoms with Crippen molar-refractivity contribution in [3.63, 3.8) is 0 Å². The van der Waals surface area contributed by atoms with Crippen LogP contribution < -0.4 is 5.32 Å². The van der Waals surface area contributed by atoms with Crippen molar-refractivity contribution in [2.45, 2.75) is 70.1 Å². The molecule has 2 aliphatic rings. The lowest BCUT2D eigenvalue weighted by atomic mass is 9.95. The van der Waals surface area contributed by atoms with E-state index in [1.165, 1.54) is 0 Å². The second-order valence-corrected chi connectivity index (χ2v) is 7.28. The van der Waals surface area contributed by atoms with Crippen LogP contribution in [0.15, 0.2) is 0 Å². The number of rotatable bonds is 7. The molecule has 0 radical (unpaired) electrons. The largest absolute Gasteiger partial charge is 0.480 e. The van der Waals surface area contributed by atoms with E-state index in [0.717, 1.165) is 38.9 Å². The summed E-state index contributed by atoms with van der Waals surface area (Å²) in [5.41, 5.74) is -0.759. The molecule has 2 rings (SSSR count). The van der Waals surface area contributed by atoms with Crippen LogP contribution in [0.4, 0.5) is 0 Å². The van der Waals surface area contributed by atoms with Crippen LogP contribution in [0, 0.1) is 0 Å². The minimum atomic E-state index is -0.759. The lowest BCUT2D eigenvalue weighted by Crippen LogP contribution is -2.55. The number of piperazine rings is 1. The number of hydrogen-bond acceptors (Lipinski definition) is 4. The Hall–Kier alpha value is -0.650. The topological polar surface area (TPSA) is 55.8 Å². The molecule has 0 spiro atoms. The molecule has 1 aliphatic heterocycles. The summed E-state index contributed by atoms with van der Waals surface area (Å²) in [6, 6.07) is 1.57. The fourth-order valence-electron chi connectivity index (χ4n) is 3.27. The van der Waals surface area contributed by atoms with E-state index in [4.69, 9.17) is 0 Å². The molecule has 5 heteroatoms. The molecule has 1 saturated heterocycles. The quantitative estimate of drug-likeness (QED) is 0.744. The summed E-state index contributed by atoms with van der Waals surface area (Å²) in [4.78, 5) is 16.4. The number of carboxylic acid groups (broad SMARTS) is 1. The average Bonchev–Trinajstić information content (AvgIpc) is 3.19. The first-order valence-corrected chi connectivity index (χ1v) is 8.27. The van der Waals surface area contributed by atoms with Crippen LogP contribution in [-0.2, 0) is 4.79 Å². The number of likely N-dealkylation sites (N-methyl/N-ethyl adjacent to an activating group) is 1. The van der Waals surface area contributed by atoms with E-state index in [1.54, 1.807) is 0 Å². The molecule has 2 N–H and O–H groups in total. The molecule has 1 aliphatic carbocycles. The van der Waals surface area contributed by atoms with Gasteiger partial charge in [-0.15, -0.1) is 0 Å². The van der Waals surface area contributed by atoms with E-state index < -0.39 is 11.5 Å². The Balaban J connectivity index is 1.78. The first kappa shape index (κ1) is 16.7. The van der Waals surface area contributed by atoms with Crippen LogP contribution in [0.2, 0.25) is 0 Å². The highest BCUT2D eigenvalue weighted by Crippen LogP contribution is 2.25. The lowest BCUT2D eigenvalue weighted by Gasteiger charge is -2.42. The molecule has 0 bridgehead atoms. The Morgan fingerprint density at radius 1 is 1.29 bits per heavy atom. The Labute approximate surface area is 128 Å². The summed E-state index contributed by atoms with van der Waals surface area (Å²) in [7, 11) is 2.19. The molecule has 2 fully saturated rings. The van der Waals surface area contributed by atoms with Crippen molar-refractivity contribution in [1.82, 2.24) is 15.1 Å². The van der Waals surface area contributed by atoms with E-state index in [1.807, 2.05) is 6.92 Å². The van der Waals surface area contributed by atoms with Gasteiger partial charge in [-0.1, -0.05) is 0 Å². The molecule has 3 atom stereocenters. The highest BCUT2D eigenvalue weighted by Gasteiger charge is 2.38. The first-order valence-electron chi connectivity index (χ1n) is 8.27. The van der Waals surface area contributed by atoms with Crippen molar-refractivity contribution in [1.29, 1.82) is 0 Å². The lowest BCUT2D eigenvalue weighted by molar-refractivity contribution is -0.144. The van der Waals surface area contributed by atoms with Crippen molar-refractivity contribution in [3.8, 4) is 0 Å². The van der Waals surface area contributed by atoms with Crippen molar-refractivity contribution >= 4 is 5.97 Å². The summed E-state index contributed by atoms with van der Waals surface area (Å²) < 4.78 is 0. The summed E-state index contributed by atoms with van der Waals surface area (Å²) in [5.74, 6) is -0.713. The average molecular weight is 297 g/mol. The summed E-state index contributed by atoms with van der Waals surface area (Å²) in [6.45, 7) is 9.53. The zero-order valence-electron chi connectivity index (χ0n) is 13.9. The van der Waals surface area contributed by atoms with Crippen LogP contribution in [0.3, 0.4) is 0 Å². The molecule has 0 aromatic carbocycles. The first-order chi connectivity index (χ1) is 9.82. The van der Waals surface area contributed by atoms with Gasteiger partial charge in [0.2, 0.25) is 0 Å². The molecular weight excluding hydrogens is 266 g/mol. The van der Waals surface area contributed by atoms with Gasteiger partial charge < -0.3 is 10.0 Å². The Kier molecular flexibility index (Phi) is 5.28. The molecule has 1 heterocycles. The van der Waals surface area contributed by atoms with Crippen LogP contribution >= 0.6 is 0 Å². The fourth-order valence-corrected chi connectivity index (χ4v) is 3.27. The number of aliphatic carboxylic acids is 1. The number of carboxylic acids is 1. The van der Waals surface area contributed by atoms with Gasteiger partial charge in [0.15, 0.2) is 0 Å². The van der Waals surface area contributed by atoms with E-state index in [0.29, 0.717) is 24.5 Å². The Morgan fingerprint density at radius 2 is 1.86 bits per heavy atom. The second-order valence-electron chi connectivity index (χ2n) is 7.28. The van der Waals surface area contributed by atoms with Gasteiger partial charge in [-0.2, -0.15) is 0 Å². The van der Waals surface area contributed by atoms with Crippen LogP contribution in [0.25, 0.3) is 0 Å². The maximum absolute atomic E-state index is 11.5. The maximum Gasteiger partial charge on any atom is 0.323 e. The van der Waals surface area contributed by atoms with Gasteiger partial charge in [-0.3, -0.25) is 15.0 Å². The maximum atomic E-state index is 11.5. The van der Waals surface area contributed by atoms with E-state index >= 15 is 0 Å². The van der Waals surface area contributed by atoms with E-state index in [-0.39, 0.29) is 0 Å². The van der Waals surface area contributed by atoms with Crippen LogP contribution in [-0.4, -0.2) is 71.2 Å². The number of hydrogen-bond donors (Lipinski definition) is 2. The summed E-state index contributed by atoms with van der Waals surface area (Å²) >= 11 is 0. The molecule has 0 amide bonds. The standard InChI is InChI=1S/C16H31N3O2/c1-12-10-19(11-13(2)18(12)4)9-5-8-16(3,15(20)21)17-14-6-7-14/h12-14,17H,5-11H2,1-4H3,(H,20,21). The Morgan fingerprint density at radius 3 is 2.33 bits per heavy atom. The highest BCUT2D eigenvalue weighted by atomic mass is 16.4. The number of nitrogens with one attached hydrogen (secondary N) is 1. The summed E-state index contributed by atoms with van der Waals surface area (Å²) in [5, 5.41) is 12.8. The molecule has 0 aromatic rings. The summed E-state index contributed by atoms with van der Waals surface area (Å²) in [6.07, 6.45) is 3.88. The molecule has 0 aromatic heterocycles. The SMILES string of the molecule is CC1CN(CCCC(C)(NC2CC2)C(=O)O)CC(C)N1C.